The summed E-state index contributed by atoms with van der Waals surface area (Å²) >= 11 is 1.36. The number of nitrogens with zero attached hydrogens (tertiary/aromatic N) is 3. The predicted octanol–water partition coefficient (Wildman–Crippen LogP) is 4.54. The minimum absolute atomic E-state index is 0.202. The van der Waals surface area contributed by atoms with Gasteiger partial charge < -0.3 is 0 Å². The molecule has 3 rings (SSSR count). The van der Waals surface area contributed by atoms with Crippen molar-refractivity contribution in [2.45, 2.75) is 46.1 Å². The first-order chi connectivity index (χ1) is 13.5. The van der Waals surface area contributed by atoms with Crippen LogP contribution in [0.4, 0.5) is 5.13 Å². The number of aryl methyl sites for hydroxylation is 1. The molecule has 2 aromatic heterocycles. The summed E-state index contributed by atoms with van der Waals surface area (Å²) in [5.41, 5.74) is 3.10. The second-order valence-electron chi connectivity index (χ2n) is 6.90. The van der Waals surface area contributed by atoms with Crippen molar-refractivity contribution in [3.63, 3.8) is 0 Å². The zero-order chi connectivity index (χ0) is 20.1. The molecule has 1 N–H and O–H groups in total. The first-order valence-electron chi connectivity index (χ1n) is 9.43. The third-order valence-corrected chi connectivity index (χ3v) is 5.18. The van der Waals surface area contributed by atoms with E-state index in [9.17, 15) is 9.59 Å². The zero-order valence-corrected chi connectivity index (χ0v) is 17.1. The first-order valence-corrected chi connectivity index (χ1v) is 10.3. The van der Waals surface area contributed by atoms with Crippen LogP contribution in [0.3, 0.4) is 0 Å². The van der Waals surface area contributed by atoms with Gasteiger partial charge in [-0.15, -0.1) is 11.3 Å². The monoisotopic (exact) mass is 396 g/mol. The third-order valence-electron chi connectivity index (χ3n) is 4.42. The quantitative estimate of drug-likeness (QED) is 0.636. The van der Waals surface area contributed by atoms with Crippen LogP contribution in [0.2, 0.25) is 0 Å². The molecule has 0 unspecified atom stereocenters. The number of rotatable bonds is 7. The van der Waals surface area contributed by atoms with Crippen molar-refractivity contribution in [1.29, 1.82) is 0 Å². The second kappa shape index (κ2) is 8.93. The van der Waals surface area contributed by atoms with Crippen LogP contribution in [0.25, 0.3) is 11.3 Å². The topological polar surface area (TPSA) is 76.9 Å². The average molecular weight is 397 g/mol. The lowest BCUT2D eigenvalue weighted by molar-refractivity contribution is 0.101. The molecule has 6 nitrogen and oxygen atoms in total. The fourth-order valence-electron chi connectivity index (χ4n) is 2.70. The molecule has 7 heteroatoms. The molecule has 0 aliphatic carbocycles. The Morgan fingerprint density at radius 1 is 1.18 bits per heavy atom. The molecule has 0 bridgehead atoms. The highest BCUT2D eigenvalue weighted by atomic mass is 32.1. The van der Waals surface area contributed by atoms with Crippen molar-refractivity contribution >= 4 is 22.4 Å². The Labute approximate surface area is 168 Å². The molecule has 0 radical (unpaired) electrons. The van der Waals surface area contributed by atoms with Crippen molar-refractivity contribution in [3.8, 4) is 11.3 Å². The number of anilines is 1. The van der Waals surface area contributed by atoms with Gasteiger partial charge in [-0.1, -0.05) is 51.5 Å². The molecular weight excluding hydrogens is 372 g/mol. The highest BCUT2D eigenvalue weighted by Gasteiger charge is 2.13. The number of nitrogens with one attached hydrogen (secondary N) is 1. The molecule has 1 aromatic carbocycles. The van der Waals surface area contributed by atoms with E-state index in [4.69, 9.17) is 0 Å². The summed E-state index contributed by atoms with van der Waals surface area (Å²) in [6.45, 7) is 6.86. The number of hydrogen-bond acceptors (Lipinski definition) is 5. The van der Waals surface area contributed by atoms with Gasteiger partial charge in [0.1, 0.15) is 5.69 Å². The van der Waals surface area contributed by atoms with E-state index < -0.39 is 0 Å². The van der Waals surface area contributed by atoms with Gasteiger partial charge in [0.25, 0.3) is 11.5 Å². The fraction of sp³-hybridized carbons (Fsp3) is 0.333. The van der Waals surface area contributed by atoms with E-state index >= 15 is 0 Å². The van der Waals surface area contributed by atoms with Crippen LogP contribution in [0.1, 0.15) is 55.6 Å². The van der Waals surface area contributed by atoms with Gasteiger partial charge in [0.05, 0.1) is 5.69 Å². The molecule has 2 heterocycles. The minimum Gasteiger partial charge on any atom is -0.296 e. The number of benzene rings is 1. The largest absolute Gasteiger partial charge is 0.296 e. The molecular formula is C21H24N4O2S. The van der Waals surface area contributed by atoms with Crippen LogP contribution in [0.5, 0.6) is 0 Å². The summed E-state index contributed by atoms with van der Waals surface area (Å²) in [5, 5.41) is 9.35. The van der Waals surface area contributed by atoms with E-state index in [2.05, 4.69) is 41.4 Å². The lowest BCUT2D eigenvalue weighted by atomic mass is 10.0. The molecule has 0 spiro atoms. The summed E-state index contributed by atoms with van der Waals surface area (Å²) in [6.07, 6.45) is 1.79. The first kappa shape index (κ1) is 19.9. The van der Waals surface area contributed by atoms with E-state index in [0.29, 0.717) is 17.6 Å². The van der Waals surface area contributed by atoms with Gasteiger partial charge in [0, 0.05) is 23.6 Å². The number of unbranched alkanes of at least 4 members (excludes halogenated alkanes) is 1. The summed E-state index contributed by atoms with van der Waals surface area (Å²) in [5.74, 6) is 0.105. The maximum atomic E-state index is 12.5. The molecule has 0 aliphatic rings. The van der Waals surface area contributed by atoms with Crippen LogP contribution in [0, 0.1) is 0 Å². The van der Waals surface area contributed by atoms with Crippen LogP contribution >= 0.6 is 11.3 Å². The van der Waals surface area contributed by atoms with Crippen molar-refractivity contribution in [3.05, 3.63) is 63.4 Å². The highest BCUT2D eigenvalue weighted by Crippen LogP contribution is 2.26. The van der Waals surface area contributed by atoms with E-state index in [1.54, 1.807) is 0 Å². The Morgan fingerprint density at radius 3 is 2.61 bits per heavy atom. The van der Waals surface area contributed by atoms with Gasteiger partial charge in [-0.25, -0.2) is 9.67 Å². The van der Waals surface area contributed by atoms with Gasteiger partial charge in [0.2, 0.25) is 0 Å². The summed E-state index contributed by atoms with van der Waals surface area (Å²) in [7, 11) is 0. The van der Waals surface area contributed by atoms with Crippen molar-refractivity contribution < 1.29 is 4.79 Å². The maximum Gasteiger partial charge on any atom is 0.277 e. The molecule has 0 aliphatic heterocycles. The third kappa shape index (κ3) is 4.72. The molecule has 28 heavy (non-hydrogen) atoms. The number of thiazole rings is 1. The lowest BCUT2D eigenvalue weighted by Crippen LogP contribution is -2.26. The Hall–Kier alpha value is -2.80. The number of hydrogen-bond donors (Lipinski definition) is 1. The van der Waals surface area contributed by atoms with Crippen molar-refractivity contribution in [1.82, 2.24) is 14.8 Å². The number of carbonyl (C=O) groups excluding carboxylic acids is 1. The minimum atomic E-state index is -0.374. The normalized spacial score (nSPS) is 11.0. The standard InChI is InChI=1S/C21H24N4O2S/c1-4-5-12-25-19(26)11-10-17(24-25)20(27)23-21-22-18(13-28-21)16-8-6-15(7-9-16)14(2)3/h6-11,13-14H,4-5,12H2,1-3H3,(H,22,23,27). The van der Waals surface area contributed by atoms with Gasteiger partial charge in [0.15, 0.2) is 5.13 Å². The Morgan fingerprint density at radius 2 is 1.93 bits per heavy atom. The number of carbonyl (C=O) groups is 1. The SMILES string of the molecule is CCCCn1nc(C(=O)Nc2nc(-c3ccc(C(C)C)cc3)cs2)ccc1=O. The molecule has 0 saturated heterocycles. The molecule has 3 aromatic rings. The number of amides is 1. The molecule has 146 valence electrons. The van der Waals surface area contributed by atoms with E-state index in [-0.39, 0.29) is 17.2 Å². The van der Waals surface area contributed by atoms with Gasteiger partial charge in [-0.2, -0.15) is 5.10 Å². The van der Waals surface area contributed by atoms with E-state index in [1.165, 1.54) is 33.7 Å². The van der Waals surface area contributed by atoms with Gasteiger partial charge in [-0.05, 0) is 24.0 Å². The summed E-state index contributed by atoms with van der Waals surface area (Å²) < 4.78 is 1.34. The Bertz CT molecular complexity index is 1010. The second-order valence-corrected chi connectivity index (χ2v) is 7.76. The van der Waals surface area contributed by atoms with Gasteiger partial charge in [-0.3, -0.25) is 14.9 Å². The summed E-state index contributed by atoms with van der Waals surface area (Å²) in [6, 6.07) is 11.1. The van der Waals surface area contributed by atoms with Crippen LogP contribution in [-0.4, -0.2) is 20.7 Å². The number of aromatic nitrogens is 3. The van der Waals surface area contributed by atoms with Crippen LogP contribution < -0.4 is 10.9 Å². The zero-order valence-electron chi connectivity index (χ0n) is 16.3. The van der Waals surface area contributed by atoms with Crippen molar-refractivity contribution in [2.24, 2.45) is 0 Å². The smallest absolute Gasteiger partial charge is 0.277 e. The van der Waals surface area contributed by atoms with Crippen LogP contribution in [-0.2, 0) is 6.54 Å². The fourth-order valence-corrected chi connectivity index (χ4v) is 3.42. The van der Waals surface area contributed by atoms with E-state index in [1.807, 2.05) is 24.4 Å². The van der Waals surface area contributed by atoms with Gasteiger partial charge >= 0.3 is 0 Å². The van der Waals surface area contributed by atoms with Crippen LogP contribution in [0.15, 0.2) is 46.6 Å². The lowest BCUT2D eigenvalue weighted by Gasteiger charge is -2.06. The molecule has 0 saturated carbocycles. The Kier molecular flexibility index (Phi) is 6.36. The maximum absolute atomic E-state index is 12.5. The van der Waals surface area contributed by atoms with Crippen molar-refractivity contribution in [2.75, 3.05) is 5.32 Å². The molecule has 0 atom stereocenters. The summed E-state index contributed by atoms with van der Waals surface area (Å²) in [4.78, 5) is 28.8. The molecule has 0 fully saturated rings. The highest BCUT2D eigenvalue weighted by molar-refractivity contribution is 7.14. The van der Waals surface area contributed by atoms with E-state index in [0.717, 1.165) is 24.1 Å². The average Bonchev–Trinajstić information content (AvgIpc) is 3.15. The molecule has 1 amide bonds. The Balaban J connectivity index is 1.72. The predicted molar refractivity (Wildman–Crippen MR) is 113 cm³/mol.